The normalized spacial score (nSPS) is 15.4. The minimum Gasteiger partial charge on any atom is -0.396 e. The summed E-state index contributed by atoms with van der Waals surface area (Å²) in [4.78, 5) is 0. The summed E-state index contributed by atoms with van der Waals surface area (Å²) in [5, 5.41) is 18.7. The predicted octanol–water partition coefficient (Wildman–Crippen LogP) is 2.73. The molecule has 0 unspecified atom stereocenters. The first-order valence-corrected chi connectivity index (χ1v) is 6.05. The second kappa shape index (κ2) is 9.47. The van der Waals surface area contributed by atoms with Gasteiger partial charge >= 0.3 is 0 Å². The molecule has 0 aromatic rings. The summed E-state index contributed by atoms with van der Waals surface area (Å²) in [5.74, 6) is 0.0844. The lowest BCUT2D eigenvalue weighted by Crippen LogP contribution is -2.22. The quantitative estimate of drug-likeness (QED) is 0.564. The van der Waals surface area contributed by atoms with E-state index in [4.69, 9.17) is 5.11 Å². The van der Waals surface area contributed by atoms with Gasteiger partial charge in [0.05, 0.1) is 6.10 Å². The molecule has 0 saturated heterocycles. The molecule has 2 nitrogen and oxygen atoms in total. The van der Waals surface area contributed by atoms with Crippen LogP contribution in [0.2, 0.25) is 0 Å². The number of rotatable bonds is 9. The van der Waals surface area contributed by atoms with E-state index in [2.05, 4.69) is 6.92 Å². The third-order valence-electron chi connectivity index (χ3n) is 2.91. The van der Waals surface area contributed by atoms with E-state index in [0.717, 1.165) is 19.3 Å². The minimum absolute atomic E-state index is 0.0844. The van der Waals surface area contributed by atoms with E-state index in [1.165, 1.54) is 25.7 Å². The van der Waals surface area contributed by atoms with Crippen LogP contribution >= 0.6 is 0 Å². The summed E-state index contributed by atoms with van der Waals surface area (Å²) in [6, 6.07) is 0. The average Bonchev–Trinajstić information content (AvgIpc) is 2.19. The van der Waals surface area contributed by atoms with E-state index < -0.39 is 0 Å². The SMILES string of the molecule is CCCCCCC[C@@H](O)[C@@H](CC)CO. The Balaban J connectivity index is 3.37. The van der Waals surface area contributed by atoms with Crippen LogP contribution in [0.25, 0.3) is 0 Å². The van der Waals surface area contributed by atoms with Crippen LogP contribution in [0, 0.1) is 5.92 Å². The maximum atomic E-state index is 9.71. The Morgan fingerprint density at radius 2 is 1.64 bits per heavy atom. The van der Waals surface area contributed by atoms with Crippen molar-refractivity contribution in [2.24, 2.45) is 5.92 Å². The van der Waals surface area contributed by atoms with Crippen LogP contribution in [0.3, 0.4) is 0 Å². The van der Waals surface area contributed by atoms with Gasteiger partial charge in [-0.15, -0.1) is 0 Å². The van der Waals surface area contributed by atoms with Gasteiger partial charge in [0.2, 0.25) is 0 Å². The van der Waals surface area contributed by atoms with Crippen LogP contribution in [0.15, 0.2) is 0 Å². The molecule has 0 aromatic carbocycles. The summed E-state index contributed by atoms with van der Waals surface area (Å²) < 4.78 is 0. The van der Waals surface area contributed by atoms with Crippen LogP contribution < -0.4 is 0 Å². The molecule has 0 aromatic heterocycles. The summed E-state index contributed by atoms with van der Waals surface area (Å²) in [6.45, 7) is 4.33. The first kappa shape index (κ1) is 13.9. The first-order chi connectivity index (χ1) is 6.76. The predicted molar refractivity (Wildman–Crippen MR) is 60.2 cm³/mol. The third-order valence-corrected chi connectivity index (χ3v) is 2.91. The van der Waals surface area contributed by atoms with Crippen molar-refractivity contribution in [3.63, 3.8) is 0 Å². The lowest BCUT2D eigenvalue weighted by Gasteiger charge is -2.18. The molecular weight excluding hydrogens is 176 g/mol. The number of hydrogen-bond acceptors (Lipinski definition) is 2. The fourth-order valence-corrected chi connectivity index (χ4v) is 1.72. The highest BCUT2D eigenvalue weighted by Crippen LogP contribution is 2.15. The molecule has 0 spiro atoms. The fraction of sp³-hybridized carbons (Fsp3) is 1.00. The molecule has 0 radical (unpaired) electrons. The molecule has 0 rings (SSSR count). The zero-order chi connectivity index (χ0) is 10.8. The van der Waals surface area contributed by atoms with Gasteiger partial charge in [-0.25, -0.2) is 0 Å². The zero-order valence-corrected chi connectivity index (χ0v) is 9.71. The van der Waals surface area contributed by atoms with Gasteiger partial charge in [0.15, 0.2) is 0 Å². The van der Waals surface area contributed by atoms with Gasteiger partial charge < -0.3 is 10.2 Å². The van der Waals surface area contributed by atoms with Crippen molar-refractivity contribution >= 4 is 0 Å². The van der Waals surface area contributed by atoms with Crippen LogP contribution in [0.5, 0.6) is 0 Å². The highest BCUT2D eigenvalue weighted by molar-refractivity contribution is 4.66. The standard InChI is InChI=1S/C12H26O2/c1-3-5-6-7-8-9-12(14)11(4-2)10-13/h11-14H,3-10H2,1-2H3/t11-,12+/m0/s1. The Kier molecular flexibility index (Phi) is 9.42. The van der Waals surface area contributed by atoms with E-state index >= 15 is 0 Å². The minimum atomic E-state index is -0.299. The van der Waals surface area contributed by atoms with Crippen LogP contribution in [-0.4, -0.2) is 22.9 Å². The Morgan fingerprint density at radius 3 is 2.14 bits per heavy atom. The molecular formula is C12H26O2. The van der Waals surface area contributed by atoms with Gasteiger partial charge in [-0.3, -0.25) is 0 Å². The fourth-order valence-electron chi connectivity index (χ4n) is 1.72. The summed E-state index contributed by atoms with van der Waals surface area (Å²) >= 11 is 0. The Labute approximate surface area is 88.3 Å². The number of aliphatic hydroxyl groups excluding tert-OH is 2. The Bertz CT molecular complexity index is 111. The van der Waals surface area contributed by atoms with Crippen molar-refractivity contribution in [2.75, 3.05) is 6.61 Å². The number of aliphatic hydroxyl groups is 2. The summed E-state index contributed by atoms with van der Waals surface area (Å²) in [6.07, 6.45) is 7.56. The molecule has 2 heteroatoms. The van der Waals surface area contributed by atoms with Crippen LogP contribution in [-0.2, 0) is 0 Å². The molecule has 0 fully saturated rings. The molecule has 86 valence electrons. The van der Waals surface area contributed by atoms with E-state index in [-0.39, 0.29) is 18.6 Å². The molecule has 0 bridgehead atoms. The van der Waals surface area contributed by atoms with E-state index in [9.17, 15) is 5.11 Å². The van der Waals surface area contributed by atoms with Crippen molar-refractivity contribution < 1.29 is 10.2 Å². The lowest BCUT2D eigenvalue weighted by molar-refractivity contribution is 0.0569. The molecule has 0 aliphatic heterocycles. The number of unbranched alkanes of at least 4 members (excludes halogenated alkanes) is 4. The van der Waals surface area contributed by atoms with Gasteiger partial charge in [-0.1, -0.05) is 46.0 Å². The van der Waals surface area contributed by atoms with E-state index in [1.807, 2.05) is 6.92 Å². The average molecular weight is 202 g/mol. The number of hydrogen-bond donors (Lipinski definition) is 2. The molecule has 2 atom stereocenters. The van der Waals surface area contributed by atoms with Gasteiger partial charge in [-0.2, -0.15) is 0 Å². The lowest BCUT2D eigenvalue weighted by atomic mass is 9.95. The molecule has 0 amide bonds. The Morgan fingerprint density at radius 1 is 1.00 bits per heavy atom. The second-order valence-corrected chi connectivity index (χ2v) is 4.12. The highest BCUT2D eigenvalue weighted by Gasteiger charge is 2.15. The van der Waals surface area contributed by atoms with Crippen molar-refractivity contribution in [3.05, 3.63) is 0 Å². The largest absolute Gasteiger partial charge is 0.396 e. The second-order valence-electron chi connectivity index (χ2n) is 4.12. The zero-order valence-electron chi connectivity index (χ0n) is 9.71. The van der Waals surface area contributed by atoms with Gasteiger partial charge in [-0.05, 0) is 12.8 Å². The maximum Gasteiger partial charge on any atom is 0.0590 e. The van der Waals surface area contributed by atoms with Crippen molar-refractivity contribution in [1.82, 2.24) is 0 Å². The molecule has 0 aliphatic carbocycles. The molecule has 0 heterocycles. The molecule has 0 aliphatic rings. The Hall–Kier alpha value is -0.0800. The summed E-state index contributed by atoms with van der Waals surface area (Å²) in [5.41, 5.74) is 0. The molecule has 2 N–H and O–H groups in total. The molecule has 0 saturated carbocycles. The first-order valence-electron chi connectivity index (χ1n) is 6.05. The van der Waals surface area contributed by atoms with Crippen molar-refractivity contribution in [1.29, 1.82) is 0 Å². The van der Waals surface area contributed by atoms with E-state index in [0.29, 0.717) is 0 Å². The van der Waals surface area contributed by atoms with Crippen LogP contribution in [0.4, 0.5) is 0 Å². The summed E-state index contributed by atoms with van der Waals surface area (Å²) in [7, 11) is 0. The molecule has 14 heavy (non-hydrogen) atoms. The van der Waals surface area contributed by atoms with Gasteiger partial charge in [0.25, 0.3) is 0 Å². The highest BCUT2D eigenvalue weighted by atomic mass is 16.3. The van der Waals surface area contributed by atoms with E-state index in [1.54, 1.807) is 0 Å². The topological polar surface area (TPSA) is 40.5 Å². The van der Waals surface area contributed by atoms with Crippen molar-refractivity contribution in [3.8, 4) is 0 Å². The van der Waals surface area contributed by atoms with Gasteiger partial charge in [0, 0.05) is 12.5 Å². The maximum absolute atomic E-state index is 9.71. The van der Waals surface area contributed by atoms with Gasteiger partial charge in [0.1, 0.15) is 0 Å². The third kappa shape index (κ3) is 6.39. The smallest absolute Gasteiger partial charge is 0.0590 e. The van der Waals surface area contributed by atoms with Crippen LogP contribution in [0.1, 0.15) is 58.8 Å². The van der Waals surface area contributed by atoms with Crippen molar-refractivity contribution in [2.45, 2.75) is 64.9 Å². The monoisotopic (exact) mass is 202 g/mol.